The van der Waals surface area contributed by atoms with E-state index in [0.717, 1.165) is 55.0 Å². The van der Waals surface area contributed by atoms with Crippen LogP contribution in [-0.2, 0) is 22.4 Å². The molecule has 0 aromatic heterocycles. The average Bonchev–Trinajstić information content (AvgIpc) is 3.53. The van der Waals surface area contributed by atoms with Gasteiger partial charge in [0.05, 0.1) is 40.6 Å². The summed E-state index contributed by atoms with van der Waals surface area (Å²) in [5.74, 6) is 2.45. The second-order valence-corrected chi connectivity index (χ2v) is 9.62. The van der Waals surface area contributed by atoms with Crippen molar-refractivity contribution in [3.63, 3.8) is 0 Å². The molecule has 0 radical (unpaired) electrons. The molecular formula is C27H32N2O8. The highest BCUT2D eigenvalue weighted by molar-refractivity contribution is 5.98. The lowest BCUT2D eigenvalue weighted by molar-refractivity contribution is 0.00853. The summed E-state index contributed by atoms with van der Waals surface area (Å²) < 4.78 is 40.6. The number of hydrogen-bond acceptors (Lipinski definition) is 10. The summed E-state index contributed by atoms with van der Waals surface area (Å²) >= 11 is 0. The first-order valence-electron chi connectivity index (χ1n) is 12.5. The number of rotatable bonds is 6. The highest BCUT2D eigenvalue weighted by atomic mass is 16.7. The molecule has 6 rings (SSSR count). The minimum Gasteiger partial charge on any atom is -0.493 e. The van der Waals surface area contributed by atoms with Gasteiger partial charge in [-0.25, -0.2) is 4.79 Å². The summed E-state index contributed by atoms with van der Waals surface area (Å²) in [6.07, 6.45) is 0.255. The molecule has 4 aliphatic rings. The Balaban J connectivity index is 1.51. The van der Waals surface area contributed by atoms with Crippen molar-refractivity contribution in [1.82, 2.24) is 9.80 Å². The SMILES string of the molecule is COc1ccc2c(c1OC)C(=O)O[C@@H]2C1c2c(c(CN3CCOCC3)c3c(c2OC)OCO3)CCN1C. The quantitative estimate of drug-likeness (QED) is 0.539. The smallest absolute Gasteiger partial charge is 0.343 e. The molecule has 10 nitrogen and oxygen atoms in total. The van der Waals surface area contributed by atoms with Crippen LogP contribution in [0.15, 0.2) is 12.1 Å². The minimum atomic E-state index is -0.558. The van der Waals surface area contributed by atoms with Crippen molar-refractivity contribution in [3.05, 3.63) is 39.9 Å². The number of cyclic esters (lactones) is 1. The third-order valence-electron chi connectivity index (χ3n) is 7.81. The number of fused-ring (bicyclic) bond motifs is 3. The Labute approximate surface area is 215 Å². The van der Waals surface area contributed by atoms with Crippen LogP contribution in [0, 0.1) is 0 Å². The molecule has 1 unspecified atom stereocenters. The van der Waals surface area contributed by atoms with Gasteiger partial charge in [0.2, 0.25) is 12.5 Å². The van der Waals surface area contributed by atoms with Gasteiger partial charge in [-0.2, -0.15) is 0 Å². The molecule has 4 aliphatic heterocycles. The summed E-state index contributed by atoms with van der Waals surface area (Å²) in [6.45, 7) is 4.79. The Hall–Kier alpha value is -3.21. The van der Waals surface area contributed by atoms with Crippen LogP contribution >= 0.6 is 0 Å². The molecule has 2 aromatic rings. The van der Waals surface area contributed by atoms with Crippen LogP contribution in [-0.4, -0.2) is 83.8 Å². The Morgan fingerprint density at radius 3 is 2.46 bits per heavy atom. The number of nitrogens with zero attached hydrogens (tertiary/aromatic N) is 2. The topological polar surface area (TPSA) is 88.2 Å². The number of benzene rings is 2. The summed E-state index contributed by atoms with van der Waals surface area (Å²) in [4.78, 5) is 17.8. The van der Waals surface area contributed by atoms with E-state index in [1.54, 1.807) is 14.2 Å². The van der Waals surface area contributed by atoms with Crippen molar-refractivity contribution < 1.29 is 38.0 Å². The molecular weight excluding hydrogens is 480 g/mol. The fourth-order valence-corrected chi connectivity index (χ4v) is 6.07. The lowest BCUT2D eigenvalue weighted by Gasteiger charge is -2.40. The summed E-state index contributed by atoms with van der Waals surface area (Å²) in [5.41, 5.74) is 4.42. The van der Waals surface area contributed by atoms with E-state index >= 15 is 0 Å². The zero-order chi connectivity index (χ0) is 25.7. The van der Waals surface area contributed by atoms with Gasteiger partial charge in [0, 0.05) is 42.9 Å². The van der Waals surface area contributed by atoms with Gasteiger partial charge in [-0.1, -0.05) is 6.07 Å². The van der Waals surface area contributed by atoms with Crippen molar-refractivity contribution in [2.75, 3.05) is 68.0 Å². The van der Waals surface area contributed by atoms with Crippen LogP contribution in [0.1, 0.15) is 44.8 Å². The van der Waals surface area contributed by atoms with E-state index in [-0.39, 0.29) is 12.8 Å². The monoisotopic (exact) mass is 512 g/mol. The van der Waals surface area contributed by atoms with Crippen LogP contribution in [0.2, 0.25) is 0 Å². The fraction of sp³-hybridized carbons (Fsp3) is 0.519. The maximum Gasteiger partial charge on any atom is 0.343 e. The van der Waals surface area contributed by atoms with Gasteiger partial charge in [0.15, 0.2) is 23.0 Å². The minimum absolute atomic E-state index is 0.142. The molecule has 0 amide bonds. The number of methoxy groups -OCH3 is 3. The molecule has 198 valence electrons. The number of hydrogen-bond donors (Lipinski definition) is 0. The normalized spacial score (nSPS) is 22.9. The Morgan fingerprint density at radius 1 is 0.973 bits per heavy atom. The molecule has 37 heavy (non-hydrogen) atoms. The lowest BCUT2D eigenvalue weighted by atomic mass is 9.83. The predicted molar refractivity (Wildman–Crippen MR) is 132 cm³/mol. The van der Waals surface area contributed by atoms with Crippen molar-refractivity contribution in [1.29, 1.82) is 0 Å². The predicted octanol–water partition coefficient (Wildman–Crippen LogP) is 2.71. The summed E-state index contributed by atoms with van der Waals surface area (Å²) in [5, 5.41) is 0. The molecule has 2 atom stereocenters. The molecule has 10 heteroatoms. The Bertz CT molecular complexity index is 1230. The van der Waals surface area contributed by atoms with Crippen LogP contribution in [0.25, 0.3) is 0 Å². The van der Waals surface area contributed by atoms with E-state index in [0.29, 0.717) is 41.8 Å². The second-order valence-electron chi connectivity index (χ2n) is 9.62. The van der Waals surface area contributed by atoms with Gasteiger partial charge in [-0.05, 0) is 25.1 Å². The van der Waals surface area contributed by atoms with Gasteiger partial charge in [0.25, 0.3) is 0 Å². The number of esters is 1. The first-order chi connectivity index (χ1) is 18.1. The molecule has 0 N–H and O–H groups in total. The molecule has 0 bridgehead atoms. The first kappa shape index (κ1) is 24.1. The zero-order valence-electron chi connectivity index (χ0n) is 21.6. The third-order valence-corrected chi connectivity index (χ3v) is 7.81. The van der Waals surface area contributed by atoms with Gasteiger partial charge in [-0.15, -0.1) is 0 Å². The maximum atomic E-state index is 13.2. The number of carbonyl (C=O) groups is 1. The van der Waals surface area contributed by atoms with Gasteiger partial charge in [-0.3, -0.25) is 9.80 Å². The summed E-state index contributed by atoms with van der Waals surface area (Å²) in [7, 11) is 6.78. The van der Waals surface area contributed by atoms with Crippen molar-refractivity contribution >= 4 is 5.97 Å². The average molecular weight is 513 g/mol. The molecule has 2 aromatic carbocycles. The molecule has 4 heterocycles. The van der Waals surface area contributed by atoms with E-state index in [4.69, 9.17) is 33.2 Å². The van der Waals surface area contributed by atoms with Crippen molar-refractivity contribution in [3.8, 4) is 28.7 Å². The zero-order valence-corrected chi connectivity index (χ0v) is 21.6. The molecule has 0 saturated carbocycles. The van der Waals surface area contributed by atoms with E-state index in [1.807, 2.05) is 19.2 Å². The first-order valence-corrected chi connectivity index (χ1v) is 12.5. The van der Waals surface area contributed by atoms with Crippen LogP contribution in [0.4, 0.5) is 0 Å². The molecule has 0 aliphatic carbocycles. The van der Waals surface area contributed by atoms with E-state index in [9.17, 15) is 4.79 Å². The molecule has 0 spiro atoms. The lowest BCUT2D eigenvalue weighted by Crippen LogP contribution is -2.39. The molecule has 1 fully saturated rings. The fourth-order valence-electron chi connectivity index (χ4n) is 6.07. The standard InChI is InChI=1S/C27H32N2O8/c1-28-8-7-15-17(13-29-9-11-34-12-10-29)23-26(36-14-35-23)25(33-4)19(15)21(28)22-16-5-6-18(31-2)24(32-3)20(16)27(30)37-22/h5-6,21-22H,7-14H2,1-4H3/t21?,22-/m0/s1. The van der Waals surface area contributed by atoms with Crippen LogP contribution in [0.5, 0.6) is 28.7 Å². The number of morpholine rings is 1. The molecule has 1 saturated heterocycles. The highest BCUT2D eigenvalue weighted by Gasteiger charge is 2.47. The van der Waals surface area contributed by atoms with E-state index < -0.39 is 12.1 Å². The van der Waals surface area contributed by atoms with E-state index in [2.05, 4.69) is 9.80 Å². The third kappa shape index (κ3) is 3.77. The maximum absolute atomic E-state index is 13.2. The van der Waals surface area contributed by atoms with Crippen LogP contribution in [0.3, 0.4) is 0 Å². The number of likely N-dealkylation sites (N-methyl/N-ethyl adjacent to an activating group) is 1. The summed E-state index contributed by atoms with van der Waals surface area (Å²) in [6, 6.07) is 3.42. The van der Waals surface area contributed by atoms with Crippen molar-refractivity contribution in [2.24, 2.45) is 0 Å². The van der Waals surface area contributed by atoms with Gasteiger partial charge in [0.1, 0.15) is 11.7 Å². The number of carbonyl (C=O) groups excluding carboxylic acids is 1. The number of ether oxygens (including phenoxy) is 7. The second kappa shape index (κ2) is 9.59. The largest absolute Gasteiger partial charge is 0.493 e. The Kier molecular flexibility index (Phi) is 6.26. The Morgan fingerprint density at radius 2 is 1.73 bits per heavy atom. The van der Waals surface area contributed by atoms with E-state index in [1.165, 1.54) is 12.7 Å². The highest BCUT2D eigenvalue weighted by Crippen LogP contribution is 2.57. The van der Waals surface area contributed by atoms with Crippen molar-refractivity contribution in [2.45, 2.75) is 25.1 Å². The van der Waals surface area contributed by atoms with Gasteiger partial charge < -0.3 is 33.2 Å². The van der Waals surface area contributed by atoms with Gasteiger partial charge >= 0.3 is 5.97 Å². The van der Waals surface area contributed by atoms with Crippen LogP contribution < -0.4 is 23.7 Å².